The first-order chi connectivity index (χ1) is 7.62. The summed E-state index contributed by atoms with van der Waals surface area (Å²) in [5.41, 5.74) is 5.80. The van der Waals surface area contributed by atoms with Crippen molar-refractivity contribution in [2.45, 2.75) is 26.7 Å². The molecule has 0 heterocycles. The van der Waals surface area contributed by atoms with Crippen LogP contribution in [0.3, 0.4) is 0 Å². The highest BCUT2D eigenvalue weighted by atomic mass is 16.5. The van der Waals surface area contributed by atoms with Crippen molar-refractivity contribution < 1.29 is 14.2 Å². The standard InChI is InChI=1S/C12H27NO3/c1-12(2,11-13)5-8-16-10-9-15-7-4-6-14-3/h4-11,13H2,1-3H3. The van der Waals surface area contributed by atoms with Crippen molar-refractivity contribution in [2.75, 3.05) is 46.7 Å². The van der Waals surface area contributed by atoms with Crippen LogP contribution in [-0.2, 0) is 14.2 Å². The predicted molar refractivity (Wildman–Crippen MR) is 65.6 cm³/mol. The van der Waals surface area contributed by atoms with Gasteiger partial charge in [-0.15, -0.1) is 0 Å². The topological polar surface area (TPSA) is 53.7 Å². The number of rotatable bonds is 11. The molecule has 0 radical (unpaired) electrons. The van der Waals surface area contributed by atoms with E-state index in [4.69, 9.17) is 19.9 Å². The fourth-order valence-electron chi connectivity index (χ4n) is 1.08. The van der Waals surface area contributed by atoms with E-state index in [1.807, 2.05) is 0 Å². The Morgan fingerprint density at radius 1 is 0.938 bits per heavy atom. The first-order valence-corrected chi connectivity index (χ1v) is 5.97. The first kappa shape index (κ1) is 15.8. The third-order valence-corrected chi connectivity index (χ3v) is 2.48. The molecule has 0 aromatic carbocycles. The molecule has 0 atom stereocenters. The Morgan fingerprint density at radius 3 is 2.12 bits per heavy atom. The maximum Gasteiger partial charge on any atom is 0.0700 e. The van der Waals surface area contributed by atoms with E-state index in [0.29, 0.717) is 19.8 Å². The van der Waals surface area contributed by atoms with Crippen LogP contribution < -0.4 is 5.73 Å². The van der Waals surface area contributed by atoms with Gasteiger partial charge in [0, 0.05) is 26.9 Å². The Bertz CT molecular complexity index is 151. The van der Waals surface area contributed by atoms with Crippen LogP contribution in [-0.4, -0.2) is 46.7 Å². The summed E-state index contributed by atoms with van der Waals surface area (Å²) in [5.74, 6) is 0. The monoisotopic (exact) mass is 233 g/mol. The fraction of sp³-hybridized carbons (Fsp3) is 1.00. The van der Waals surface area contributed by atoms with E-state index in [0.717, 1.165) is 32.7 Å². The SMILES string of the molecule is COCCCOCCOCCC(C)(C)CN. The molecule has 98 valence electrons. The molecular weight excluding hydrogens is 206 g/mol. The number of methoxy groups -OCH3 is 1. The van der Waals surface area contributed by atoms with E-state index in [1.165, 1.54) is 0 Å². The van der Waals surface area contributed by atoms with Gasteiger partial charge in [0.15, 0.2) is 0 Å². The summed E-state index contributed by atoms with van der Waals surface area (Å²) in [7, 11) is 1.70. The molecule has 4 heteroatoms. The van der Waals surface area contributed by atoms with Crippen molar-refractivity contribution >= 4 is 0 Å². The van der Waals surface area contributed by atoms with Crippen LogP contribution >= 0.6 is 0 Å². The molecule has 0 fully saturated rings. The quantitative estimate of drug-likeness (QED) is 0.549. The van der Waals surface area contributed by atoms with Crippen molar-refractivity contribution in [1.29, 1.82) is 0 Å². The molecular formula is C12H27NO3. The number of ether oxygens (including phenoxy) is 3. The Hall–Kier alpha value is -0.160. The molecule has 0 aromatic rings. The Kier molecular flexibility index (Phi) is 9.92. The second-order valence-electron chi connectivity index (χ2n) is 4.69. The van der Waals surface area contributed by atoms with Crippen LogP contribution in [0.5, 0.6) is 0 Å². The molecule has 0 spiro atoms. The van der Waals surface area contributed by atoms with Crippen molar-refractivity contribution in [1.82, 2.24) is 0 Å². The molecule has 0 aliphatic carbocycles. The molecule has 0 amide bonds. The highest BCUT2D eigenvalue weighted by Crippen LogP contribution is 2.17. The van der Waals surface area contributed by atoms with E-state index < -0.39 is 0 Å². The van der Waals surface area contributed by atoms with Crippen molar-refractivity contribution in [3.63, 3.8) is 0 Å². The molecule has 0 unspecified atom stereocenters. The van der Waals surface area contributed by atoms with Gasteiger partial charge in [-0.2, -0.15) is 0 Å². The summed E-state index contributed by atoms with van der Waals surface area (Å²) in [6, 6.07) is 0. The molecule has 0 aliphatic rings. The molecule has 2 N–H and O–H groups in total. The van der Waals surface area contributed by atoms with Gasteiger partial charge in [0.1, 0.15) is 0 Å². The zero-order chi connectivity index (χ0) is 12.3. The Balaban J connectivity index is 3.10. The van der Waals surface area contributed by atoms with Gasteiger partial charge >= 0.3 is 0 Å². The Labute approximate surface area is 99.4 Å². The molecule has 0 aliphatic heterocycles. The summed E-state index contributed by atoms with van der Waals surface area (Å²) in [5, 5.41) is 0. The van der Waals surface area contributed by atoms with Gasteiger partial charge in [-0.25, -0.2) is 0 Å². The van der Waals surface area contributed by atoms with Crippen LogP contribution in [0.15, 0.2) is 0 Å². The highest BCUT2D eigenvalue weighted by Gasteiger charge is 2.14. The van der Waals surface area contributed by atoms with E-state index in [2.05, 4.69) is 13.8 Å². The lowest BCUT2D eigenvalue weighted by molar-refractivity contribution is 0.0317. The third-order valence-electron chi connectivity index (χ3n) is 2.48. The van der Waals surface area contributed by atoms with Crippen LogP contribution in [0.4, 0.5) is 0 Å². The largest absolute Gasteiger partial charge is 0.385 e. The van der Waals surface area contributed by atoms with Crippen molar-refractivity contribution in [2.24, 2.45) is 11.1 Å². The predicted octanol–water partition coefficient (Wildman–Crippen LogP) is 1.43. The lowest BCUT2D eigenvalue weighted by Crippen LogP contribution is -2.25. The highest BCUT2D eigenvalue weighted by molar-refractivity contribution is 4.68. The van der Waals surface area contributed by atoms with Crippen molar-refractivity contribution in [3.05, 3.63) is 0 Å². The second-order valence-corrected chi connectivity index (χ2v) is 4.69. The summed E-state index contributed by atoms with van der Waals surface area (Å²) in [4.78, 5) is 0. The first-order valence-electron chi connectivity index (χ1n) is 5.97. The van der Waals surface area contributed by atoms with Gasteiger partial charge in [-0.05, 0) is 24.8 Å². The molecule has 0 saturated carbocycles. The van der Waals surface area contributed by atoms with Crippen LogP contribution in [0, 0.1) is 5.41 Å². The molecule has 0 aromatic heterocycles. The van der Waals surface area contributed by atoms with Crippen molar-refractivity contribution in [3.8, 4) is 0 Å². The lowest BCUT2D eigenvalue weighted by Gasteiger charge is -2.21. The Morgan fingerprint density at radius 2 is 1.56 bits per heavy atom. The van der Waals surface area contributed by atoms with Crippen LogP contribution in [0.1, 0.15) is 26.7 Å². The smallest absolute Gasteiger partial charge is 0.0700 e. The molecule has 0 bridgehead atoms. The van der Waals surface area contributed by atoms with Gasteiger partial charge in [0.2, 0.25) is 0 Å². The zero-order valence-corrected chi connectivity index (χ0v) is 11.0. The van der Waals surface area contributed by atoms with E-state index >= 15 is 0 Å². The maximum atomic E-state index is 5.62. The van der Waals surface area contributed by atoms with E-state index in [1.54, 1.807) is 7.11 Å². The molecule has 4 nitrogen and oxygen atoms in total. The number of nitrogens with two attached hydrogens (primary N) is 1. The molecule has 0 rings (SSSR count). The summed E-state index contributed by atoms with van der Waals surface area (Å²) in [6.07, 6.45) is 1.93. The van der Waals surface area contributed by atoms with Gasteiger partial charge in [0.05, 0.1) is 13.2 Å². The third kappa shape index (κ3) is 10.4. The zero-order valence-electron chi connectivity index (χ0n) is 11.0. The minimum atomic E-state index is 0.180. The van der Waals surface area contributed by atoms with Gasteiger partial charge < -0.3 is 19.9 Å². The average molecular weight is 233 g/mol. The summed E-state index contributed by atoms with van der Waals surface area (Å²) < 4.78 is 15.7. The fourth-order valence-corrected chi connectivity index (χ4v) is 1.08. The summed E-state index contributed by atoms with van der Waals surface area (Å²) >= 11 is 0. The minimum Gasteiger partial charge on any atom is -0.385 e. The van der Waals surface area contributed by atoms with E-state index in [9.17, 15) is 0 Å². The number of hydrogen-bond acceptors (Lipinski definition) is 4. The average Bonchev–Trinajstić information content (AvgIpc) is 2.27. The lowest BCUT2D eigenvalue weighted by atomic mass is 9.90. The van der Waals surface area contributed by atoms with E-state index in [-0.39, 0.29) is 5.41 Å². The molecule has 16 heavy (non-hydrogen) atoms. The van der Waals surface area contributed by atoms with Gasteiger partial charge in [-0.1, -0.05) is 13.8 Å². The number of hydrogen-bond donors (Lipinski definition) is 1. The maximum absolute atomic E-state index is 5.62. The summed E-state index contributed by atoms with van der Waals surface area (Å²) in [6.45, 7) is 8.57. The van der Waals surface area contributed by atoms with Gasteiger partial charge in [0.25, 0.3) is 0 Å². The normalized spacial score (nSPS) is 12.0. The van der Waals surface area contributed by atoms with Crippen LogP contribution in [0.2, 0.25) is 0 Å². The molecule has 0 saturated heterocycles. The van der Waals surface area contributed by atoms with Crippen LogP contribution in [0.25, 0.3) is 0 Å². The second kappa shape index (κ2) is 10.0. The van der Waals surface area contributed by atoms with Gasteiger partial charge in [-0.3, -0.25) is 0 Å². The minimum absolute atomic E-state index is 0.180.